The quantitative estimate of drug-likeness (QED) is 0.822. The van der Waals surface area contributed by atoms with Gasteiger partial charge in [-0.25, -0.2) is 0 Å². The standard InChI is InChI=1S/C15H19NO3/c17-12-9-16(10-13(12)18)14(19)15(7-4-8-15)11-5-2-1-3-6-11/h1-3,5-6,12-13,17-18H,4,7-10H2. The van der Waals surface area contributed by atoms with Gasteiger partial charge < -0.3 is 15.1 Å². The van der Waals surface area contributed by atoms with Crippen molar-refractivity contribution in [2.24, 2.45) is 0 Å². The zero-order valence-electron chi connectivity index (χ0n) is 10.8. The molecule has 1 aliphatic carbocycles. The molecule has 2 unspecified atom stereocenters. The number of aliphatic hydroxyl groups is 2. The van der Waals surface area contributed by atoms with Crippen molar-refractivity contribution in [2.75, 3.05) is 13.1 Å². The lowest BCUT2D eigenvalue weighted by atomic mass is 9.63. The molecule has 0 aromatic heterocycles. The summed E-state index contributed by atoms with van der Waals surface area (Å²) in [7, 11) is 0. The maximum Gasteiger partial charge on any atom is 0.233 e. The first kappa shape index (κ1) is 12.6. The van der Waals surface area contributed by atoms with Crippen molar-refractivity contribution in [2.45, 2.75) is 36.9 Å². The fourth-order valence-corrected chi connectivity index (χ4v) is 3.15. The van der Waals surface area contributed by atoms with Crippen LogP contribution in [0.25, 0.3) is 0 Å². The molecule has 4 nitrogen and oxygen atoms in total. The highest BCUT2D eigenvalue weighted by molar-refractivity contribution is 5.89. The average Bonchev–Trinajstić information content (AvgIpc) is 2.70. The predicted molar refractivity (Wildman–Crippen MR) is 70.6 cm³/mol. The monoisotopic (exact) mass is 261 g/mol. The number of amides is 1. The zero-order valence-corrected chi connectivity index (χ0v) is 10.8. The third kappa shape index (κ3) is 1.95. The van der Waals surface area contributed by atoms with E-state index < -0.39 is 17.6 Å². The van der Waals surface area contributed by atoms with Crippen LogP contribution in [-0.4, -0.2) is 46.3 Å². The van der Waals surface area contributed by atoms with Gasteiger partial charge in [-0.05, 0) is 18.4 Å². The molecule has 1 aliphatic heterocycles. The molecule has 2 aliphatic rings. The van der Waals surface area contributed by atoms with E-state index >= 15 is 0 Å². The number of nitrogens with zero attached hydrogens (tertiary/aromatic N) is 1. The van der Waals surface area contributed by atoms with Gasteiger partial charge in [-0.2, -0.15) is 0 Å². The third-order valence-electron chi connectivity index (χ3n) is 4.49. The van der Waals surface area contributed by atoms with Crippen molar-refractivity contribution in [1.82, 2.24) is 4.90 Å². The molecule has 1 amide bonds. The molecule has 1 aromatic carbocycles. The van der Waals surface area contributed by atoms with Crippen LogP contribution in [-0.2, 0) is 10.2 Å². The van der Waals surface area contributed by atoms with Crippen molar-refractivity contribution < 1.29 is 15.0 Å². The first-order chi connectivity index (χ1) is 9.13. The van der Waals surface area contributed by atoms with E-state index in [2.05, 4.69) is 0 Å². The van der Waals surface area contributed by atoms with Crippen LogP contribution >= 0.6 is 0 Å². The molecular weight excluding hydrogens is 242 g/mol. The van der Waals surface area contributed by atoms with Crippen LogP contribution in [0.3, 0.4) is 0 Å². The molecule has 1 aromatic rings. The highest BCUT2D eigenvalue weighted by Gasteiger charge is 2.49. The van der Waals surface area contributed by atoms with Gasteiger partial charge in [-0.15, -0.1) is 0 Å². The Bertz CT molecular complexity index is 460. The van der Waals surface area contributed by atoms with Gasteiger partial charge >= 0.3 is 0 Å². The van der Waals surface area contributed by atoms with Crippen LogP contribution in [0, 0.1) is 0 Å². The Balaban J connectivity index is 1.85. The number of benzene rings is 1. The van der Waals surface area contributed by atoms with Crippen molar-refractivity contribution in [3.05, 3.63) is 35.9 Å². The van der Waals surface area contributed by atoms with Gasteiger partial charge in [0.2, 0.25) is 5.91 Å². The molecule has 2 N–H and O–H groups in total. The number of hydrogen-bond donors (Lipinski definition) is 2. The molecule has 3 rings (SSSR count). The lowest BCUT2D eigenvalue weighted by molar-refractivity contribution is -0.140. The van der Waals surface area contributed by atoms with Gasteiger partial charge in [-0.3, -0.25) is 4.79 Å². The summed E-state index contributed by atoms with van der Waals surface area (Å²) in [5, 5.41) is 19.2. The minimum atomic E-state index is -0.808. The third-order valence-corrected chi connectivity index (χ3v) is 4.49. The molecule has 0 spiro atoms. The van der Waals surface area contributed by atoms with E-state index in [1.807, 2.05) is 30.3 Å². The fraction of sp³-hybridized carbons (Fsp3) is 0.533. The fourth-order valence-electron chi connectivity index (χ4n) is 3.15. The number of β-amino-alcohol motifs (C(OH)–C–C–N with tert-alkyl or cyclic N) is 2. The van der Waals surface area contributed by atoms with E-state index in [1.165, 1.54) is 0 Å². The number of aliphatic hydroxyl groups excluding tert-OH is 2. The van der Waals surface area contributed by atoms with Gasteiger partial charge in [0.1, 0.15) is 0 Å². The molecule has 19 heavy (non-hydrogen) atoms. The molecule has 0 bridgehead atoms. The highest BCUT2D eigenvalue weighted by atomic mass is 16.3. The summed E-state index contributed by atoms with van der Waals surface area (Å²) in [6, 6.07) is 9.86. The number of hydrogen-bond acceptors (Lipinski definition) is 3. The van der Waals surface area contributed by atoms with E-state index in [1.54, 1.807) is 4.90 Å². The first-order valence-electron chi connectivity index (χ1n) is 6.84. The Hall–Kier alpha value is -1.39. The topological polar surface area (TPSA) is 60.8 Å². The minimum Gasteiger partial charge on any atom is -0.388 e. The Morgan fingerprint density at radius 2 is 1.68 bits per heavy atom. The lowest BCUT2D eigenvalue weighted by Crippen LogP contribution is -2.50. The van der Waals surface area contributed by atoms with E-state index in [-0.39, 0.29) is 19.0 Å². The number of rotatable bonds is 2. The van der Waals surface area contributed by atoms with Crippen LogP contribution in [0.15, 0.2) is 30.3 Å². The molecule has 102 valence electrons. The van der Waals surface area contributed by atoms with Crippen LogP contribution < -0.4 is 0 Å². The van der Waals surface area contributed by atoms with E-state index in [4.69, 9.17) is 0 Å². The first-order valence-corrected chi connectivity index (χ1v) is 6.84. The van der Waals surface area contributed by atoms with Crippen LogP contribution in [0.5, 0.6) is 0 Å². The van der Waals surface area contributed by atoms with Gasteiger partial charge in [0.05, 0.1) is 17.6 Å². The summed E-state index contributed by atoms with van der Waals surface area (Å²) in [5.41, 5.74) is 0.632. The number of carbonyl (C=O) groups excluding carboxylic acids is 1. The summed E-state index contributed by atoms with van der Waals surface area (Å²) in [4.78, 5) is 14.4. The summed E-state index contributed by atoms with van der Waals surface area (Å²) in [5.74, 6) is 0.0561. The minimum absolute atomic E-state index is 0.0561. The lowest BCUT2D eigenvalue weighted by Gasteiger charge is -2.43. The maximum absolute atomic E-state index is 12.7. The molecule has 2 atom stereocenters. The molecule has 1 saturated carbocycles. The number of carbonyl (C=O) groups is 1. The van der Waals surface area contributed by atoms with Crippen LogP contribution in [0.2, 0.25) is 0 Å². The largest absolute Gasteiger partial charge is 0.388 e. The van der Waals surface area contributed by atoms with Crippen molar-refractivity contribution in [3.63, 3.8) is 0 Å². The van der Waals surface area contributed by atoms with Crippen LogP contribution in [0.1, 0.15) is 24.8 Å². The summed E-state index contributed by atoms with van der Waals surface area (Å²) in [6.07, 6.45) is 1.16. The predicted octanol–water partition coefficient (Wildman–Crippen LogP) is 0.672. The highest BCUT2D eigenvalue weighted by Crippen LogP contribution is 2.45. The zero-order chi connectivity index (χ0) is 13.5. The molecule has 4 heteroatoms. The van der Waals surface area contributed by atoms with Gasteiger partial charge in [0.25, 0.3) is 0 Å². The summed E-state index contributed by atoms with van der Waals surface area (Å²) < 4.78 is 0. The van der Waals surface area contributed by atoms with Gasteiger partial charge in [0.15, 0.2) is 0 Å². The maximum atomic E-state index is 12.7. The number of likely N-dealkylation sites (tertiary alicyclic amines) is 1. The second-order valence-corrected chi connectivity index (χ2v) is 5.65. The Kier molecular flexibility index (Phi) is 3.07. The molecule has 1 heterocycles. The van der Waals surface area contributed by atoms with E-state index in [9.17, 15) is 15.0 Å². The molecule has 0 radical (unpaired) electrons. The van der Waals surface area contributed by atoms with Crippen molar-refractivity contribution >= 4 is 5.91 Å². The van der Waals surface area contributed by atoms with Crippen molar-refractivity contribution in [1.29, 1.82) is 0 Å². The van der Waals surface area contributed by atoms with Gasteiger partial charge in [-0.1, -0.05) is 36.8 Å². The summed E-state index contributed by atoms with van der Waals surface area (Å²) >= 11 is 0. The SMILES string of the molecule is O=C(N1CC(O)C(O)C1)C1(c2ccccc2)CCC1. The second kappa shape index (κ2) is 4.62. The molecule has 2 fully saturated rings. The van der Waals surface area contributed by atoms with Crippen molar-refractivity contribution in [3.8, 4) is 0 Å². The Morgan fingerprint density at radius 3 is 2.16 bits per heavy atom. The van der Waals surface area contributed by atoms with E-state index in [0.717, 1.165) is 24.8 Å². The smallest absolute Gasteiger partial charge is 0.233 e. The molecule has 1 saturated heterocycles. The Labute approximate surface area is 112 Å². The van der Waals surface area contributed by atoms with Crippen LogP contribution in [0.4, 0.5) is 0 Å². The van der Waals surface area contributed by atoms with E-state index in [0.29, 0.717) is 0 Å². The normalized spacial score (nSPS) is 29.1. The van der Waals surface area contributed by atoms with Gasteiger partial charge in [0, 0.05) is 13.1 Å². The molecular formula is C15H19NO3. The average molecular weight is 261 g/mol. The summed E-state index contributed by atoms with van der Waals surface area (Å²) in [6.45, 7) is 0.489. The second-order valence-electron chi connectivity index (χ2n) is 5.65. The Morgan fingerprint density at radius 1 is 1.11 bits per heavy atom.